The van der Waals surface area contributed by atoms with E-state index in [-0.39, 0.29) is 18.5 Å². The van der Waals surface area contributed by atoms with Crippen LogP contribution in [0.2, 0.25) is 0 Å². The van der Waals surface area contributed by atoms with Crippen LogP contribution in [0.15, 0.2) is 24.3 Å². The molecule has 1 aromatic rings. The van der Waals surface area contributed by atoms with E-state index in [0.29, 0.717) is 11.4 Å². The van der Waals surface area contributed by atoms with Crippen molar-refractivity contribution >= 4 is 17.5 Å². The number of para-hydroxylation sites is 2. The molecule has 0 spiro atoms. The quantitative estimate of drug-likeness (QED) is 0.826. The van der Waals surface area contributed by atoms with Crippen LogP contribution in [0.1, 0.15) is 19.3 Å². The van der Waals surface area contributed by atoms with E-state index < -0.39 is 12.0 Å². The molecule has 2 aliphatic heterocycles. The fourth-order valence-corrected chi connectivity index (χ4v) is 2.84. The molecule has 0 bridgehead atoms. The first-order valence-corrected chi connectivity index (χ1v) is 7.26. The van der Waals surface area contributed by atoms with E-state index in [1.807, 2.05) is 18.2 Å². The number of anilines is 1. The monoisotopic (exact) mass is 289 g/mol. The molecule has 1 aromatic carbocycles. The van der Waals surface area contributed by atoms with Crippen molar-refractivity contribution in [2.24, 2.45) is 5.73 Å². The van der Waals surface area contributed by atoms with Crippen molar-refractivity contribution in [3.8, 4) is 5.75 Å². The molecule has 2 heterocycles. The van der Waals surface area contributed by atoms with Crippen LogP contribution in [0.25, 0.3) is 0 Å². The van der Waals surface area contributed by atoms with E-state index in [1.54, 1.807) is 11.0 Å². The van der Waals surface area contributed by atoms with E-state index in [1.165, 1.54) is 0 Å². The number of nitrogens with zero attached hydrogens (tertiary/aromatic N) is 1. The number of piperidine rings is 1. The summed E-state index contributed by atoms with van der Waals surface area (Å²) in [7, 11) is 0. The Morgan fingerprint density at radius 1 is 1.29 bits per heavy atom. The van der Waals surface area contributed by atoms with Crippen LogP contribution in [0, 0.1) is 0 Å². The Morgan fingerprint density at radius 2 is 2.10 bits per heavy atom. The lowest BCUT2D eigenvalue weighted by molar-refractivity contribution is -0.125. The Kier molecular flexibility index (Phi) is 3.79. The summed E-state index contributed by atoms with van der Waals surface area (Å²) in [6, 6.07) is 7.04. The number of nitrogens with two attached hydrogens (primary N) is 1. The molecule has 0 radical (unpaired) electrons. The van der Waals surface area contributed by atoms with Gasteiger partial charge in [0.05, 0.1) is 18.3 Å². The standard InChI is InChI=1S/C15H19N3O3/c16-14(19)13-9-18(11-6-1-2-7-12(11)21-13)15(20)10-5-3-4-8-17-10/h1-2,6-7,10,13,17H,3-5,8-9H2,(H2,16,19)/t10-,13?/m0/s1. The zero-order chi connectivity index (χ0) is 14.8. The van der Waals surface area contributed by atoms with Crippen molar-refractivity contribution in [3.63, 3.8) is 0 Å². The zero-order valence-corrected chi connectivity index (χ0v) is 11.7. The van der Waals surface area contributed by atoms with Crippen LogP contribution in [-0.4, -0.2) is 37.0 Å². The van der Waals surface area contributed by atoms with Crippen molar-refractivity contribution in [2.45, 2.75) is 31.4 Å². The minimum Gasteiger partial charge on any atom is -0.477 e. The van der Waals surface area contributed by atoms with Gasteiger partial charge in [0.25, 0.3) is 5.91 Å². The van der Waals surface area contributed by atoms with E-state index >= 15 is 0 Å². The average Bonchev–Trinajstić information content (AvgIpc) is 2.54. The fourth-order valence-electron chi connectivity index (χ4n) is 2.84. The van der Waals surface area contributed by atoms with Gasteiger partial charge in [0.15, 0.2) is 6.10 Å². The Labute approximate surface area is 123 Å². The normalized spacial score (nSPS) is 24.9. The smallest absolute Gasteiger partial charge is 0.260 e. The molecule has 3 rings (SSSR count). The highest BCUT2D eigenvalue weighted by Crippen LogP contribution is 2.33. The number of fused-ring (bicyclic) bond motifs is 1. The van der Waals surface area contributed by atoms with Crippen molar-refractivity contribution in [3.05, 3.63) is 24.3 Å². The van der Waals surface area contributed by atoms with Crippen molar-refractivity contribution in [1.82, 2.24) is 5.32 Å². The first kappa shape index (κ1) is 13.9. The highest BCUT2D eigenvalue weighted by molar-refractivity contribution is 6.00. The van der Waals surface area contributed by atoms with Gasteiger partial charge in [0.1, 0.15) is 5.75 Å². The Bertz CT molecular complexity index is 555. The summed E-state index contributed by atoms with van der Waals surface area (Å²) < 4.78 is 5.57. The lowest BCUT2D eigenvalue weighted by atomic mass is 10.0. The molecule has 2 atom stereocenters. The van der Waals surface area contributed by atoms with Crippen LogP contribution >= 0.6 is 0 Å². The van der Waals surface area contributed by atoms with Gasteiger partial charge < -0.3 is 20.7 Å². The number of benzene rings is 1. The molecule has 0 saturated carbocycles. The second-order valence-electron chi connectivity index (χ2n) is 5.43. The Balaban J connectivity index is 1.88. The maximum absolute atomic E-state index is 12.7. The summed E-state index contributed by atoms with van der Waals surface area (Å²) in [5.74, 6) is -0.0488. The summed E-state index contributed by atoms with van der Waals surface area (Å²) in [5, 5.41) is 3.24. The number of ether oxygens (including phenoxy) is 1. The number of carbonyl (C=O) groups is 2. The van der Waals surface area contributed by atoms with E-state index in [2.05, 4.69) is 5.32 Å². The number of carbonyl (C=O) groups excluding carboxylic acids is 2. The van der Waals surface area contributed by atoms with Gasteiger partial charge in [-0.2, -0.15) is 0 Å². The van der Waals surface area contributed by atoms with E-state index in [9.17, 15) is 9.59 Å². The molecule has 6 heteroatoms. The second-order valence-corrected chi connectivity index (χ2v) is 5.43. The molecule has 21 heavy (non-hydrogen) atoms. The molecular formula is C15H19N3O3. The third kappa shape index (κ3) is 2.71. The number of hydrogen-bond acceptors (Lipinski definition) is 4. The van der Waals surface area contributed by atoms with Gasteiger partial charge >= 0.3 is 0 Å². The molecule has 1 saturated heterocycles. The van der Waals surface area contributed by atoms with Gasteiger partial charge in [0, 0.05) is 0 Å². The first-order chi connectivity index (χ1) is 10.2. The Hall–Kier alpha value is -2.08. The van der Waals surface area contributed by atoms with E-state index in [4.69, 9.17) is 10.5 Å². The Morgan fingerprint density at radius 3 is 2.81 bits per heavy atom. The number of rotatable bonds is 2. The maximum Gasteiger partial charge on any atom is 0.260 e. The molecule has 0 aliphatic carbocycles. The second kappa shape index (κ2) is 5.73. The molecule has 112 valence electrons. The van der Waals surface area contributed by atoms with Crippen LogP contribution in [0.4, 0.5) is 5.69 Å². The molecule has 3 N–H and O–H groups in total. The topological polar surface area (TPSA) is 84.7 Å². The van der Waals surface area contributed by atoms with Gasteiger partial charge in [-0.3, -0.25) is 9.59 Å². The molecule has 6 nitrogen and oxygen atoms in total. The van der Waals surface area contributed by atoms with Crippen LogP contribution in [0.5, 0.6) is 5.75 Å². The summed E-state index contributed by atoms with van der Waals surface area (Å²) in [4.78, 5) is 25.8. The van der Waals surface area contributed by atoms with Crippen molar-refractivity contribution in [2.75, 3.05) is 18.0 Å². The van der Waals surface area contributed by atoms with Gasteiger partial charge in [-0.15, -0.1) is 0 Å². The zero-order valence-electron chi connectivity index (χ0n) is 11.7. The van der Waals surface area contributed by atoms with Gasteiger partial charge in [-0.25, -0.2) is 0 Å². The van der Waals surface area contributed by atoms with Crippen LogP contribution in [-0.2, 0) is 9.59 Å². The van der Waals surface area contributed by atoms with Gasteiger partial charge in [-0.1, -0.05) is 18.6 Å². The van der Waals surface area contributed by atoms with Crippen molar-refractivity contribution < 1.29 is 14.3 Å². The average molecular weight is 289 g/mol. The molecule has 2 amide bonds. The molecule has 0 aromatic heterocycles. The van der Waals surface area contributed by atoms with Gasteiger partial charge in [-0.05, 0) is 31.5 Å². The highest BCUT2D eigenvalue weighted by atomic mass is 16.5. The summed E-state index contributed by atoms with van der Waals surface area (Å²) in [6.45, 7) is 1.02. The minimum atomic E-state index is -0.799. The molecule has 1 unspecified atom stereocenters. The predicted molar refractivity (Wildman–Crippen MR) is 78.0 cm³/mol. The SMILES string of the molecule is NC(=O)C1CN(C(=O)[C@@H]2CCCCN2)c2ccccc2O1. The molecule has 1 fully saturated rings. The summed E-state index contributed by atoms with van der Waals surface area (Å²) in [5.41, 5.74) is 6.05. The lowest BCUT2D eigenvalue weighted by Crippen LogP contribution is -2.55. The van der Waals surface area contributed by atoms with E-state index in [0.717, 1.165) is 25.8 Å². The fraction of sp³-hybridized carbons (Fsp3) is 0.467. The number of hydrogen-bond donors (Lipinski definition) is 2. The van der Waals surface area contributed by atoms with Gasteiger partial charge in [0.2, 0.25) is 5.91 Å². The maximum atomic E-state index is 12.7. The first-order valence-electron chi connectivity index (χ1n) is 7.26. The lowest BCUT2D eigenvalue weighted by Gasteiger charge is -2.36. The summed E-state index contributed by atoms with van der Waals surface area (Å²) >= 11 is 0. The minimum absolute atomic E-state index is 0.0169. The van der Waals surface area contributed by atoms with Crippen molar-refractivity contribution in [1.29, 1.82) is 0 Å². The van der Waals surface area contributed by atoms with Crippen LogP contribution in [0.3, 0.4) is 0 Å². The highest BCUT2D eigenvalue weighted by Gasteiger charge is 2.35. The third-order valence-corrected chi connectivity index (χ3v) is 3.97. The third-order valence-electron chi connectivity index (χ3n) is 3.97. The van der Waals surface area contributed by atoms with Crippen LogP contribution < -0.4 is 20.7 Å². The largest absolute Gasteiger partial charge is 0.477 e. The predicted octanol–water partition coefficient (Wildman–Crippen LogP) is 0.408. The summed E-state index contributed by atoms with van der Waals surface area (Å²) in [6.07, 6.45) is 2.15. The number of amides is 2. The molecule has 2 aliphatic rings. The number of nitrogens with one attached hydrogen (secondary N) is 1. The number of primary amides is 1. The molecular weight excluding hydrogens is 270 g/mol.